The van der Waals surface area contributed by atoms with Crippen molar-refractivity contribution in [3.05, 3.63) is 24.3 Å². The summed E-state index contributed by atoms with van der Waals surface area (Å²) in [5, 5.41) is 3.27. The second-order valence-electron chi connectivity index (χ2n) is 3.98. The second-order valence-corrected chi connectivity index (χ2v) is 5.83. The van der Waals surface area contributed by atoms with Crippen molar-refractivity contribution in [1.82, 2.24) is 4.72 Å². The van der Waals surface area contributed by atoms with Crippen LogP contribution in [0.4, 0.5) is 5.69 Å². The topological polar surface area (TPSA) is 58.2 Å². The first-order valence-electron chi connectivity index (χ1n) is 5.42. The zero-order chi connectivity index (χ0) is 11.6. The first kappa shape index (κ1) is 11.4. The van der Waals surface area contributed by atoms with Crippen LogP contribution in [-0.2, 0) is 10.0 Å². The van der Waals surface area contributed by atoms with Gasteiger partial charge in [-0.25, -0.2) is 13.1 Å². The van der Waals surface area contributed by atoms with E-state index in [-0.39, 0.29) is 0 Å². The van der Waals surface area contributed by atoms with Gasteiger partial charge in [0, 0.05) is 6.04 Å². The molecule has 0 saturated heterocycles. The minimum absolute atomic E-state index is 0.324. The van der Waals surface area contributed by atoms with Gasteiger partial charge in [-0.15, -0.1) is 0 Å². The van der Waals surface area contributed by atoms with Gasteiger partial charge in [-0.2, -0.15) is 0 Å². The van der Waals surface area contributed by atoms with Crippen LogP contribution in [0, 0.1) is 0 Å². The third kappa shape index (κ3) is 2.20. The molecule has 88 valence electrons. The van der Waals surface area contributed by atoms with Crippen molar-refractivity contribution in [3.63, 3.8) is 0 Å². The van der Waals surface area contributed by atoms with E-state index < -0.39 is 10.0 Å². The zero-order valence-electron chi connectivity index (χ0n) is 9.23. The lowest BCUT2D eigenvalue weighted by Crippen LogP contribution is -2.29. The van der Waals surface area contributed by atoms with Crippen molar-refractivity contribution in [2.24, 2.45) is 0 Å². The molecule has 16 heavy (non-hydrogen) atoms. The molecule has 1 aromatic carbocycles. The average molecular weight is 240 g/mol. The summed E-state index contributed by atoms with van der Waals surface area (Å²) >= 11 is 0. The zero-order valence-corrected chi connectivity index (χ0v) is 10.0. The van der Waals surface area contributed by atoms with Crippen LogP contribution in [-0.4, -0.2) is 21.5 Å². The van der Waals surface area contributed by atoms with E-state index in [0.717, 1.165) is 12.8 Å². The minimum Gasteiger partial charge on any atom is -0.381 e. The smallest absolute Gasteiger partial charge is 0.242 e. The second kappa shape index (κ2) is 4.43. The van der Waals surface area contributed by atoms with Crippen LogP contribution in [0.3, 0.4) is 0 Å². The molecule has 0 atom stereocenters. The number of sulfonamides is 1. The van der Waals surface area contributed by atoms with E-state index in [0.29, 0.717) is 16.6 Å². The molecule has 5 heteroatoms. The molecule has 2 N–H and O–H groups in total. The van der Waals surface area contributed by atoms with Crippen LogP contribution in [0.2, 0.25) is 0 Å². The SMILES string of the molecule is CNS(=O)(=O)c1ccccc1NC1CCC1. The van der Waals surface area contributed by atoms with Gasteiger partial charge in [0.05, 0.1) is 5.69 Å². The highest BCUT2D eigenvalue weighted by Gasteiger charge is 2.21. The summed E-state index contributed by atoms with van der Waals surface area (Å²) in [5.74, 6) is 0. The van der Waals surface area contributed by atoms with Gasteiger partial charge < -0.3 is 5.32 Å². The predicted molar refractivity (Wildman–Crippen MR) is 63.9 cm³/mol. The molecular formula is C11H16N2O2S. The molecule has 0 radical (unpaired) electrons. The Morgan fingerprint density at radius 2 is 1.94 bits per heavy atom. The Bertz CT molecular complexity index is 467. The Morgan fingerprint density at radius 1 is 1.25 bits per heavy atom. The largest absolute Gasteiger partial charge is 0.381 e. The Hall–Kier alpha value is -1.07. The first-order chi connectivity index (χ1) is 7.63. The Labute approximate surface area is 96.1 Å². The number of hydrogen-bond acceptors (Lipinski definition) is 3. The summed E-state index contributed by atoms with van der Waals surface area (Å²) in [5.41, 5.74) is 0.696. The van der Waals surface area contributed by atoms with E-state index in [9.17, 15) is 8.42 Å². The third-order valence-electron chi connectivity index (χ3n) is 2.91. The number of benzene rings is 1. The number of hydrogen-bond donors (Lipinski definition) is 2. The van der Waals surface area contributed by atoms with Gasteiger partial charge in [0.2, 0.25) is 10.0 Å². The standard InChI is InChI=1S/C11H16N2O2S/c1-12-16(14,15)11-8-3-2-7-10(11)13-9-5-4-6-9/h2-3,7-9,12-13H,4-6H2,1H3. The van der Waals surface area contributed by atoms with E-state index in [1.165, 1.54) is 13.5 Å². The van der Waals surface area contributed by atoms with Crippen LogP contribution < -0.4 is 10.0 Å². The fourth-order valence-electron chi connectivity index (χ4n) is 1.70. The fraction of sp³-hybridized carbons (Fsp3) is 0.455. The van der Waals surface area contributed by atoms with Crippen LogP contribution in [0.1, 0.15) is 19.3 Å². The summed E-state index contributed by atoms with van der Waals surface area (Å²) in [6.07, 6.45) is 3.46. The minimum atomic E-state index is -3.37. The monoisotopic (exact) mass is 240 g/mol. The maximum atomic E-state index is 11.8. The quantitative estimate of drug-likeness (QED) is 0.839. The lowest BCUT2D eigenvalue weighted by molar-refractivity contribution is 0.445. The highest BCUT2D eigenvalue weighted by molar-refractivity contribution is 7.89. The summed E-state index contributed by atoms with van der Waals surface area (Å²) in [6, 6.07) is 7.43. The molecule has 0 spiro atoms. The number of nitrogens with one attached hydrogen (secondary N) is 2. The van der Waals surface area contributed by atoms with Crippen molar-refractivity contribution in [3.8, 4) is 0 Å². The number of para-hydroxylation sites is 1. The van der Waals surface area contributed by atoms with Gasteiger partial charge in [-0.3, -0.25) is 0 Å². The Kier molecular flexibility index (Phi) is 3.16. The molecule has 0 bridgehead atoms. The van der Waals surface area contributed by atoms with Crippen LogP contribution in [0.5, 0.6) is 0 Å². The molecule has 1 aliphatic carbocycles. The molecule has 0 aliphatic heterocycles. The van der Waals surface area contributed by atoms with E-state index >= 15 is 0 Å². The van der Waals surface area contributed by atoms with Crippen molar-refractivity contribution in [1.29, 1.82) is 0 Å². The number of rotatable bonds is 4. The van der Waals surface area contributed by atoms with Gasteiger partial charge in [0.25, 0.3) is 0 Å². The summed E-state index contributed by atoms with van der Waals surface area (Å²) in [7, 11) is -1.95. The highest BCUT2D eigenvalue weighted by atomic mass is 32.2. The molecule has 4 nitrogen and oxygen atoms in total. The predicted octanol–water partition coefficient (Wildman–Crippen LogP) is 1.56. The van der Waals surface area contributed by atoms with Gasteiger partial charge >= 0.3 is 0 Å². The van der Waals surface area contributed by atoms with E-state index in [1.807, 2.05) is 12.1 Å². The fourth-order valence-corrected chi connectivity index (χ4v) is 2.60. The van der Waals surface area contributed by atoms with Crippen molar-refractivity contribution >= 4 is 15.7 Å². The third-order valence-corrected chi connectivity index (χ3v) is 4.38. The molecule has 1 saturated carbocycles. The van der Waals surface area contributed by atoms with Gasteiger partial charge in [-0.05, 0) is 38.4 Å². The van der Waals surface area contributed by atoms with Crippen LogP contribution in [0.15, 0.2) is 29.2 Å². The van der Waals surface area contributed by atoms with E-state index in [1.54, 1.807) is 12.1 Å². The lowest BCUT2D eigenvalue weighted by atomic mass is 9.93. The summed E-state index contributed by atoms with van der Waals surface area (Å²) in [6.45, 7) is 0. The van der Waals surface area contributed by atoms with Crippen molar-refractivity contribution < 1.29 is 8.42 Å². The molecule has 0 heterocycles. The van der Waals surface area contributed by atoms with Gasteiger partial charge in [0.15, 0.2) is 0 Å². The van der Waals surface area contributed by atoms with Gasteiger partial charge in [0.1, 0.15) is 4.90 Å². The van der Waals surface area contributed by atoms with Crippen LogP contribution >= 0.6 is 0 Å². The van der Waals surface area contributed by atoms with E-state index in [2.05, 4.69) is 10.0 Å². The molecule has 0 unspecified atom stereocenters. The van der Waals surface area contributed by atoms with Crippen molar-refractivity contribution in [2.75, 3.05) is 12.4 Å². The Balaban J connectivity index is 2.29. The van der Waals surface area contributed by atoms with Crippen molar-refractivity contribution in [2.45, 2.75) is 30.2 Å². The maximum Gasteiger partial charge on any atom is 0.242 e. The lowest BCUT2D eigenvalue weighted by Gasteiger charge is -2.28. The molecule has 1 aromatic rings. The van der Waals surface area contributed by atoms with E-state index in [4.69, 9.17) is 0 Å². The molecule has 0 amide bonds. The molecule has 2 rings (SSSR count). The average Bonchev–Trinajstić information content (AvgIpc) is 2.24. The maximum absolute atomic E-state index is 11.8. The normalized spacial score (nSPS) is 16.8. The Morgan fingerprint density at radius 3 is 2.50 bits per heavy atom. The molecule has 1 aliphatic rings. The molecular weight excluding hydrogens is 224 g/mol. The summed E-state index contributed by atoms with van der Waals surface area (Å²) in [4.78, 5) is 0.324. The van der Waals surface area contributed by atoms with Crippen LogP contribution in [0.25, 0.3) is 0 Å². The molecule has 1 fully saturated rings. The summed E-state index contributed by atoms with van der Waals surface area (Å²) < 4.78 is 25.9. The molecule has 0 aromatic heterocycles. The van der Waals surface area contributed by atoms with Gasteiger partial charge in [-0.1, -0.05) is 12.1 Å². The highest BCUT2D eigenvalue weighted by Crippen LogP contribution is 2.27. The first-order valence-corrected chi connectivity index (χ1v) is 6.91. The number of anilines is 1.